The fraction of sp³-hybridized carbons (Fsp3) is 0.375. The van der Waals surface area contributed by atoms with Gasteiger partial charge >= 0.3 is 5.51 Å². The van der Waals surface area contributed by atoms with Gasteiger partial charge in [0.05, 0.1) is 29.1 Å². The van der Waals surface area contributed by atoms with Gasteiger partial charge in [0.25, 0.3) is 15.7 Å². The van der Waals surface area contributed by atoms with Crippen molar-refractivity contribution in [2.75, 3.05) is 12.4 Å². The Balaban J connectivity index is 1.56. The van der Waals surface area contributed by atoms with Gasteiger partial charge in [0.2, 0.25) is 5.91 Å². The van der Waals surface area contributed by atoms with Crippen LogP contribution in [0, 0.1) is 29.1 Å². The Bertz CT molecular complexity index is 1410. The van der Waals surface area contributed by atoms with Crippen molar-refractivity contribution in [3.05, 3.63) is 52.0 Å². The van der Waals surface area contributed by atoms with Crippen LogP contribution in [0.5, 0.6) is 5.75 Å². The summed E-state index contributed by atoms with van der Waals surface area (Å²) in [5.41, 5.74) is -5.13. The van der Waals surface area contributed by atoms with Crippen LogP contribution in [0.2, 0.25) is 0 Å². The molecule has 2 N–H and O–H groups in total. The van der Waals surface area contributed by atoms with Crippen LogP contribution in [-0.2, 0) is 14.6 Å². The van der Waals surface area contributed by atoms with E-state index < -0.39 is 44.0 Å². The molecule has 2 aromatic rings. The number of carbonyl (C=O) groups excluding carboxylic acids is 2. The molecule has 0 heterocycles. The molecule has 2 aliphatic carbocycles. The molecule has 2 saturated carbocycles. The first kappa shape index (κ1) is 26.9. The highest BCUT2D eigenvalue weighted by Crippen LogP contribution is 2.49. The molecule has 0 aromatic heterocycles. The van der Waals surface area contributed by atoms with Crippen molar-refractivity contribution < 1.29 is 35.9 Å². The molecule has 2 aromatic carbocycles. The lowest BCUT2D eigenvalue weighted by atomic mass is 9.83. The number of benzene rings is 2. The summed E-state index contributed by atoms with van der Waals surface area (Å²) in [4.78, 5) is 25.5. The van der Waals surface area contributed by atoms with Crippen molar-refractivity contribution in [3.8, 4) is 11.8 Å². The molecular weight excluding hydrogens is 579 g/mol. The number of carbonyl (C=O) groups is 2. The zero-order valence-electron chi connectivity index (χ0n) is 19.3. The summed E-state index contributed by atoms with van der Waals surface area (Å²) in [5, 5.41) is 14.7. The number of amides is 2. The van der Waals surface area contributed by atoms with Gasteiger partial charge in [-0.2, -0.15) is 18.4 Å². The number of sulfone groups is 1. The summed E-state index contributed by atoms with van der Waals surface area (Å²) in [6.07, 6.45) is 2.25. The van der Waals surface area contributed by atoms with Crippen molar-refractivity contribution in [3.63, 3.8) is 0 Å². The van der Waals surface area contributed by atoms with E-state index in [-0.39, 0.29) is 34.4 Å². The Morgan fingerprint density at radius 3 is 2.51 bits per heavy atom. The van der Waals surface area contributed by atoms with Crippen molar-refractivity contribution >= 4 is 43.3 Å². The van der Waals surface area contributed by atoms with Gasteiger partial charge < -0.3 is 15.4 Å². The van der Waals surface area contributed by atoms with E-state index in [1.165, 1.54) is 25.3 Å². The summed E-state index contributed by atoms with van der Waals surface area (Å²) in [6.45, 7) is 0. The third kappa shape index (κ3) is 5.04. The first-order valence-electron chi connectivity index (χ1n) is 11.2. The molecule has 4 rings (SSSR count). The third-order valence-corrected chi connectivity index (χ3v) is 9.03. The minimum absolute atomic E-state index is 0.0226. The minimum atomic E-state index is -5.58. The lowest BCUT2D eigenvalue weighted by Crippen LogP contribution is -2.48. The van der Waals surface area contributed by atoms with Gasteiger partial charge in [-0.3, -0.25) is 9.59 Å². The number of halogens is 4. The summed E-state index contributed by atoms with van der Waals surface area (Å²) in [5.74, 6) is -1.54. The van der Waals surface area contributed by atoms with Gasteiger partial charge in [0.1, 0.15) is 11.8 Å². The van der Waals surface area contributed by atoms with Gasteiger partial charge in [-0.05, 0) is 77.4 Å². The van der Waals surface area contributed by atoms with Crippen LogP contribution in [0.1, 0.15) is 35.2 Å². The van der Waals surface area contributed by atoms with E-state index in [0.717, 1.165) is 31.0 Å². The molecule has 2 fully saturated rings. The Kier molecular flexibility index (Phi) is 7.27. The molecule has 37 heavy (non-hydrogen) atoms. The van der Waals surface area contributed by atoms with E-state index >= 15 is 0 Å². The smallest absolute Gasteiger partial charge is 0.496 e. The number of nitrogens with one attached hydrogen (secondary N) is 2. The maximum atomic E-state index is 13.2. The predicted molar refractivity (Wildman–Crippen MR) is 129 cm³/mol. The number of nitriles is 1. The number of alkyl halides is 3. The number of ether oxygens (including phenoxy) is 1. The molecule has 2 bridgehead atoms. The van der Waals surface area contributed by atoms with E-state index in [1.807, 2.05) is 6.07 Å². The number of hydrogen-bond acceptors (Lipinski definition) is 6. The predicted octanol–water partition coefficient (Wildman–Crippen LogP) is 4.41. The molecule has 13 heteroatoms. The topological polar surface area (TPSA) is 125 Å². The van der Waals surface area contributed by atoms with E-state index in [9.17, 15) is 36.4 Å². The minimum Gasteiger partial charge on any atom is -0.496 e. The van der Waals surface area contributed by atoms with E-state index in [2.05, 4.69) is 26.6 Å². The number of hydrogen-bond donors (Lipinski definition) is 2. The SMILES string of the molecule is COc1cc(C#N)c(Br)cc1C(=O)N[C@@H]1[C@H]2CC[C@H](C2)[C@@H]1C(=O)Nc1cccc(S(=O)(=O)C(F)(F)F)c1. The quantitative estimate of drug-likeness (QED) is 0.507. The van der Waals surface area contributed by atoms with E-state index in [4.69, 9.17) is 4.74 Å². The number of nitrogens with zero attached hydrogens (tertiary/aromatic N) is 1. The highest BCUT2D eigenvalue weighted by Gasteiger charge is 2.52. The molecule has 0 unspecified atom stereocenters. The Labute approximate surface area is 219 Å². The number of fused-ring (bicyclic) bond motifs is 2. The maximum Gasteiger partial charge on any atom is 0.501 e. The first-order chi connectivity index (χ1) is 17.4. The monoisotopic (exact) mass is 599 g/mol. The summed E-state index contributed by atoms with van der Waals surface area (Å²) < 4.78 is 68.0. The highest BCUT2D eigenvalue weighted by molar-refractivity contribution is 9.10. The second kappa shape index (κ2) is 9.98. The molecule has 0 radical (unpaired) electrons. The molecule has 196 valence electrons. The second-order valence-corrected chi connectivity index (χ2v) is 11.8. The van der Waals surface area contributed by atoms with E-state index in [1.54, 1.807) is 0 Å². The van der Waals surface area contributed by atoms with Crippen LogP contribution < -0.4 is 15.4 Å². The summed E-state index contributed by atoms with van der Waals surface area (Å²) in [7, 11) is -4.22. The van der Waals surface area contributed by atoms with Crippen molar-refractivity contribution in [1.29, 1.82) is 5.26 Å². The van der Waals surface area contributed by atoms with Crippen molar-refractivity contribution in [1.82, 2.24) is 5.32 Å². The Hall–Kier alpha value is -3.11. The van der Waals surface area contributed by atoms with Gasteiger partial charge in [0.15, 0.2) is 0 Å². The molecule has 0 spiro atoms. The zero-order chi connectivity index (χ0) is 27.1. The van der Waals surface area contributed by atoms with Crippen LogP contribution in [0.15, 0.2) is 45.8 Å². The van der Waals surface area contributed by atoms with Crippen LogP contribution >= 0.6 is 15.9 Å². The molecule has 4 atom stereocenters. The number of methoxy groups -OCH3 is 1. The van der Waals surface area contributed by atoms with Crippen LogP contribution in [0.25, 0.3) is 0 Å². The van der Waals surface area contributed by atoms with Crippen LogP contribution in [-0.4, -0.2) is 38.9 Å². The standard InChI is InChI=1S/C24H21BrF3N3O5S/c1-36-19-8-14(11-29)18(25)10-17(19)22(32)31-21-13-6-5-12(7-13)20(21)23(33)30-15-3-2-4-16(9-15)37(34,35)24(26,27)28/h2-4,8-10,12-13,20-21H,5-7H2,1H3,(H,30,33)(H,31,32)/t12-,13+,20+,21-/m1/s1. The van der Waals surface area contributed by atoms with Crippen LogP contribution in [0.4, 0.5) is 18.9 Å². The molecular formula is C24H21BrF3N3O5S. The zero-order valence-corrected chi connectivity index (χ0v) is 21.7. The lowest BCUT2D eigenvalue weighted by Gasteiger charge is -2.31. The molecule has 0 saturated heterocycles. The molecule has 8 nitrogen and oxygen atoms in total. The van der Waals surface area contributed by atoms with E-state index in [0.29, 0.717) is 10.9 Å². The number of anilines is 1. The normalized spacial score (nSPS) is 22.8. The highest BCUT2D eigenvalue weighted by atomic mass is 79.9. The van der Waals surface area contributed by atoms with Gasteiger partial charge in [-0.25, -0.2) is 8.42 Å². The lowest BCUT2D eigenvalue weighted by molar-refractivity contribution is -0.122. The largest absolute Gasteiger partial charge is 0.501 e. The summed E-state index contributed by atoms with van der Waals surface area (Å²) >= 11 is 3.25. The van der Waals surface area contributed by atoms with Crippen LogP contribution in [0.3, 0.4) is 0 Å². The number of rotatable bonds is 6. The molecule has 2 amide bonds. The van der Waals surface area contributed by atoms with Crippen molar-refractivity contribution in [2.24, 2.45) is 17.8 Å². The van der Waals surface area contributed by atoms with Crippen molar-refractivity contribution in [2.45, 2.75) is 35.7 Å². The average Bonchev–Trinajstić information content (AvgIpc) is 3.45. The molecule has 0 aliphatic heterocycles. The molecule has 2 aliphatic rings. The average molecular weight is 600 g/mol. The summed E-state index contributed by atoms with van der Waals surface area (Å²) in [6, 6.07) is 8.31. The van der Waals surface area contributed by atoms with Gasteiger partial charge in [0, 0.05) is 16.2 Å². The second-order valence-electron chi connectivity index (χ2n) is 8.97. The van der Waals surface area contributed by atoms with Gasteiger partial charge in [-0.15, -0.1) is 0 Å². The fourth-order valence-electron chi connectivity index (χ4n) is 5.19. The fourth-order valence-corrected chi connectivity index (χ4v) is 6.43. The Morgan fingerprint density at radius 1 is 1.16 bits per heavy atom. The Morgan fingerprint density at radius 2 is 1.86 bits per heavy atom. The maximum absolute atomic E-state index is 13.2. The van der Waals surface area contributed by atoms with Gasteiger partial charge in [-0.1, -0.05) is 6.07 Å². The third-order valence-electron chi connectivity index (χ3n) is 6.89. The first-order valence-corrected chi connectivity index (χ1v) is 13.5.